The molecule has 0 bridgehead atoms. The Morgan fingerprint density at radius 2 is 1.48 bits per heavy atom. The van der Waals surface area contributed by atoms with E-state index in [9.17, 15) is 4.39 Å². The van der Waals surface area contributed by atoms with E-state index in [1.54, 1.807) is 12.1 Å². The number of amidine groups is 1. The molecule has 4 heteroatoms. The van der Waals surface area contributed by atoms with Crippen molar-refractivity contribution in [3.63, 3.8) is 0 Å². The Hall–Kier alpha value is -1.71. The average molecular weight is 291 g/mol. The van der Waals surface area contributed by atoms with Crippen molar-refractivity contribution >= 4 is 11.5 Å². The molecule has 0 saturated carbocycles. The van der Waals surface area contributed by atoms with Crippen LogP contribution in [0.2, 0.25) is 0 Å². The first kappa shape index (κ1) is 17.3. The lowest BCUT2D eigenvalue weighted by atomic mass is 9.86. The second-order valence-corrected chi connectivity index (χ2v) is 7.27. The molecule has 1 aromatic rings. The summed E-state index contributed by atoms with van der Waals surface area (Å²) in [5.74, 6) is 0.507. The van der Waals surface area contributed by atoms with Crippen molar-refractivity contribution in [2.24, 2.45) is 15.6 Å². The van der Waals surface area contributed by atoms with Crippen molar-refractivity contribution < 1.29 is 4.39 Å². The van der Waals surface area contributed by atoms with Crippen LogP contribution < -0.4 is 5.32 Å². The van der Waals surface area contributed by atoms with Gasteiger partial charge < -0.3 is 5.32 Å². The van der Waals surface area contributed by atoms with E-state index in [4.69, 9.17) is 0 Å². The Labute approximate surface area is 127 Å². The van der Waals surface area contributed by atoms with Gasteiger partial charge in [0, 0.05) is 11.0 Å². The summed E-state index contributed by atoms with van der Waals surface area (Å²) in [6, 6.07) is 6.37. The second kappa shape index (κ2) is 6.37. The van der Waals surface area contributed by atoms with Crippen LogP contribution in [-0.4, -0.2) is 17.1 Å². The smallest absolute Gasteiger partial charge is 0.123 e. The van der Waals surface area contributed by atoms with Gasteiger partial charge in [0.25, 0.3) is 0 Å². The quantitative estimate of drug-likeness (QED) is 0.490. The number of nitrogens with zero attached hydrogens (tertiary/aromatic N) is 2. The fourth-order valence-electron chi connectivity index (χ4n) is 1.94. The molecule has 0 aliphatic rings. The third kappa shape index (κ3) is 6.06. The lowest BCUT2D eigenvalue weighted by molar-refractivity contribution is 0.509. The van der Waals surface area contributed by atoms with E-state index in [2.05, 4.69) is 57.1 Å². The summed E-state index contributed by atoms with van der Waals surface area (Å²) in [5.41, 5.74) is 1.48. The highest BCUT2D eigenvalue weighted by molar-refractivity contribution is 6.04. The van der Waals surface area contributed by atoms with Gasteiger partial charge in [0.2, 0.25) is 0 Å². The normalized spacial score (nSPS) is 14.3. The SMILES string of the molecule is C/C(=N/N=C(\c1ccc(F)cc1)C(C)(C)C)NC(C)(C)C. The molecule has 1 N–H and O–H groups in total. The minimum atomic E-state index is -0.249. The summed E-state index contributed by atoms with van der Waals surface area (Å²) in [7, 11) is 0. The zero-order valence-corrected chi connectivity index (χ0v) is 14.1. The monoisotopic (exact) mass is 291 g/mol. The second-order valence-electron chi connectivity index (χ2n) is 7.27. The van der Waals surface area contributed by atoms with Crippen molar-refractivity contribution in [3.8, 4) is 0 Å². The van der Waals surface area contributed by atoms with Crippen molar-refractivity contribution in [3.05, 3.63) is 35.6 Å². The van der Waals surface area contributed by atoms with Gasteiger partial charge >= 0.3 is 0 Å². The van der Waals surface area contributed by atoms with Crippen molar-refractivity contribution in [1.82, 2.24) is 5.32 Å². The number of nitrogens with one attached hydrogen (secondary N) is 1. The van der Waals surface area contributed by atoms with Gasteiger partial charge in [-0.05, 0) is 45.4 Å². The molecular formula is C17H26FN3. The predicted octanol–water partition coefficient (Wildman–Crippen LogP) is 4.38. The highest BCUT2D eigenvalue weighted by atomic mass is 19.1. The molecule has 0 saturated heterocycles. The Balaban J connectivity index is 3.12. The van der Waals surface area contributed by atoms with Crippen LogP contribution in [0.5, 0.6) is 0 Å². The molecule has 0 aromatic heterocycles. The van der Waals surface area contributed by atoms with Crippen LogP contribution in [0.1, 0.15) is 54.0 Å². The maximum Gasteiger partial charge on any atom is 0.123 e. The van der Waals surface area contributed by atoms with Gasteiger partial charge in [-0.2, -0.15) is 5.10 Å². The van der Waals surface area contributed by atoms with Crippen LogP contribution >= 0.6 is 0 Å². The van der Waals surface area contributed by atoms with Gasteiger partial charge in [-0.3, -0.25) is 0 Å². The molecule has 0 amide bonds. The third-order valence-corrected chi connectivity index (χ3v) is 2.68. The van der Waals surface area contributed by atoms with E-state index in [0.29, 0.717) is 0 Å². The Kier molecular flexibility index (Phi) is 5.26. The van der Waals surface area contributed by atoms with E-state index in [0.717, 1.165) is 17.1 Å². The van der Waals surface area contributed by atoms with E-state index in [1.807, 2.05) is 6.92 Å². The maximum atomic E-state index is 13.1. The van der Waals surface area contributed by atoms with Gasteiger partial charge in [0.1, 0.15) is 11.7 Å². The van der Waals surface area contributed by atoms with Crippen LogP contribution in [-0.2, 0) is 0 Å². The predicted molar refractivity (Wildman–Crippen MR) is 88.4 cm³/mol. The first-order valence-corrected chi connectivity index (χ1v) is 7.16. The molecule has 0 fully saturated rings. The molecule has 0 aliphatic carbocycles. The van der Waals surface area contributed by atoms with Crippen LogP contribution in [0.25, 0.3) is 0 Å². The minimum absolute atomic E-state index is 0.0547. The van der Waals surface area contributed by atoms with Crippen molar-refractivity contribution in [2.75, 3.05) is 0 Å². The first-order valence-electron chi connectivity index (χ1n) is 7.16. The van der Waals surface area contributed by atoms with Gasteiger partial charge in [0.15, 0.2) is 0 Å². The summed E-state index contributed by atoms with van der Waals surface area (Å²) < 4.78 is 13.1. The van der Waals surface area contributed by atoms with Gasteiger partial charge in [-0.1, -0.05) is 32.9 Å². The number of halogens is 1. The number of benzene rings is 1. The Bertz CT molecular complexity index is 529. The number of hydrogen-bond donors (Lipinski definition) is 1. The average Bonchev–Trinajstić information content (AvgIpc) is 2.27. The fraction of sp³-hybridized carbons (Fsp3) is 0.529. The lowest BCUT2D eigenvalue weighted by Gasteiger charge is -2.22. The van der Waals surface area contributed by atoms with Crippen LogP contribution in [0.4, 0.5) is 4.39 Å². The van der Waals surface area contributed by atoms with Crippen molar-refractivity contribution in [1.29, 1.82) is 0 Å². The molecule has 0 heterocycles. The zero-order valence-electron chi connectivity index (χ0n) is 14.1. The zero-order chi connectivity index (χ0) is 16.3. The molecule has 0 aliphatic heterocycles. The molecule has 116 valence electrons. The molecule has 1 rings (SSSR count). The largest absolute Gasteiger partial charge is 0.368 e. The summed E-state index contributed by atoms with van der Waals surface area (Å²) >= 11 is 0. The molecule has 3 nitrogen and oxygen atoms in total. The first-order chi connectivity index (χ1) is 9.49. The van der Waals surface area contributed by atoms with Gasteiger partial charge in [0.05, 0.1) is 5.71 Å². The molecule has 1 aromatic carbocycles. The fourth-order valence-corrected chi connectivity index (χ4v) is 1.94. The molecule has 0 atom stereocenters. The summed E-state index contributed by atoms with van der Waals surface area (Å²) in [6.45, 7) is 14.3. The standard InChI is InChI=1S/C17H26FN3/c1-12(19-17(5,6)7)20-21-15(16(2,3)4)13-8-10-14(18)11-9-13/h8-11H,1-7H3,(H,19,20)/b21-15+. The van der Waals surface area contributed by atoms with E-state index < -0.39 is 0 Å². The van der Waals surface area contributed by atoms with Gasteiger partial charge in [-0.15, -0.1) is 5.10 Å². The highest BCUT2D eigenvalue weighted by Gasteiger charge is 2.21. The number of hydrogen-bond acceptors (Lipinski definition) is 2. The molecule has 0 spiro atoms. The summed E-state index contributed by atoms with van der Waals surface area (Å²) in [6.07, 6.45) is 0. The van der Waals surface area contributed by atoms with Crippen LogP contribution in [0.3, 0.4) is 0 Å². The molecule has 0 unspecified atom stereocenters. The Morgan fingerprint density at radius 3 is 1.90 bits per heavy atom. The maximum absolute atomic E-state index is 13.1. The van der Waals surface area contributed by atoms with Gasteiger partial charge in [-0.25, -0.2) is 4.39 Å². The van der Waals surface area contributed by atoms with Crippen LogP contribution in [0.15, 0.2) is 34.5 Å². The summed E-state index contributed by atoms with van der Waals surface area (Å²) in [4.78, 5) is 0. The molecule has 21 heavy (non-hydrogen) atoms. The molecular weight excluding hydrogens is 265 g/mol. The third-order valence-electron chi connectivity index (χ3n) is 2.68. The molecule has 0 radical (unpaired) electrons. The number of rotatable bonds is 2. The summed E-state index contributed by atoms with van der Waals surface area (Å²) in [5, 5.41) is 11.9. The van der Waals surface area contributed by atoms with Crippen molar-refractivity contribution in [2.45, 2.75) is 54.0 Å². The highest BCUT2D eigenvalue weighted by Crippen LogP contribution is 2.22. The van der Waals surface area contributed by atoms with E-state index in [-0.39, 0.29) is 16.8 Å². The van der Waals surface area contributed by atoms with Crippen LogP contribution in [0, 0.1) is 11.2 Å². The minimum Gasteiger partial charge on any atom is -0.368 e. The van der Waals surface area contributed by atoms with E-state index in [1.165, 1.54) is 12.1 Å². The lowest BCUT2D eigenvalue weighted by Crippen LogP contribution is -2.39. The Morgan fingerprint density at radius 1 is 0.952 bits per heavy atom. The van der Waals surface area contributed by atoms with E-state index >= 15 is 0 Å². The topological polar surface area (TPSA) is 36.8 Å².